The molecule has 124 valence electrons. The van der Waals surface area contributed by atoms with Crippen molar-refractivity contribution in [2.45, 2.75) is 19.9 Å². The lowest BCUT2D eigenvalue weighted by Crippen LogP contribution is -2.22. The minimum atomic E-state index is -0.191. The van der Waals surface area contributed by atoms with Gasteiger partial charge in [0, 0.05) is 18.8 Å². The molecule has 6 heteroatoms. The van der Waals surface area contributed by atoms with Gasteiger partial charge in [-0.3, -0.25) is 9.20 Å². The number of nitrogens with one attached hydrogen (secondary N) is 1. The lowest BCUT2D eigenvalue weighted by Gasteiger charge is -2.09. The highest BCUT2D eigenvalue weighted by molar-refractivity contribution is 6.37. The Balaban J connectivity index is 1.75. The summed E-state index contributed by atoms with van der Waals surface area (Å²) in [5.74, 6) is 0. The van der Waals surface area contributed by atoms with Crippen molar-refractivity contribution in [3.63, 3.8) is 0 Å². The first-order valence-electron chi connectivity index (χ1n) is 7.68. The molecule has 2 heterocycles. The molecule has 1 N–H and O–H groups in total. The summed E-state index contributed by atoms with van der Waals surface area (Å²) in [6.45, 7) is 3.12. The van der Waals surface area contributed by atoms with Crippen LogP contribution in [0.2, 0.25) is 10.0 Å². The van der Waals surface area contributed by atoms with Gasteiger partial charge >= 0.3 is 0 Å². The van der Waals surface area contributed by atoms with Gasteiger partial charge in [-0.05, 0) is 31.0 Å². The normalized spacial score (nSPS) is 11.1. The summed E-state index contributed by atoms with van der Waals surface area (Å²) in [4.78, 5) is 16.7. The third-order valence-corrected chi connectivity index (χ3v) is 4.70. The summed E-state index contributed by atoms with van der Waals surface area (Å²) < 4.78 is 1.38. The predicted octanol–water partition coefficient (Wildman–Crippen LogP) is 3.64. The number of rotatable bonds is 5. The molecule has 0 unspecified atom stereocenters. The number of nitrogens with zero attached hydrogens (tertiary/aromatic N) is 2. The Kier molecular flexibility index (Phi) is 5.19. The van der Waals surface area contributed by atoms with E-state index in [4.69, 9.17) is 23.2 Å². The molecule has 2 aromatic heterocycles. The zero-order chi connectivity index (χ0) is 17.1. The Bertz CT molecular complexity index is 923. The highest BCUT2D eigenvalue weighted by Gasteiger charge is 2.11. The van der Waals surface area contributed by atoms with Crippen LogP contribution in [-0.4, -0.2) is 15.9 Å². The van der Waals surface area contributed by atoms with Crippen LogP contribution in [0, 0.1) is 6.92 Å². The molecule has 0 radical (unpaired) electrons. The second kappa shape index (κ2) is 7.34. The van der Waals surface area contributed by atoms with Crippen molar-refractivity contribution in [2.24, 2.45) is 0 Å². The monoisotopic (exact) mass is 361 g/mol. The quantitative estimate of drug-likeness (QED) is 0.705. The Labute approximate surface area is 150 Å². The van der Waals surface area contributed by atoms with Crippen LogP contribution < -0.4 is 10.9 Å². The largest absolute Gasteiger partial charge is 0.311 e. The zero-order valence-corrected chi connectivity index (χ0v) is 14.7. The number of halogens is 2. The maximum atomic E-state index is 12.2. The number of aromatic nitrogens is 2. The Hall–Kier alpha value is -1.88. The fourth-order valence-electron chi connectivity index (χ4n) is 2.49. The van der Waals surface area contributed by atoms with Crippen molar-refractivity contribution in [2.75, 3.05) is 6.54 Å². The molecule has 0 atom stereocenters. The van der Waals surface area contributed by atoms with E-state index in [0.717, 1.165) is 18.5 Å². The summed E-state index contributed by atoms with van der Waals surface area (Å²) in [6.07, 6.45) is 2.48. The lowest BCUT2D eigenvalue weighted by molar-refractivity contribution is 0.673. The van der Waals surface area contributed by atoms with Crippen molar-refractivity contribution in [3.8, 4) is 0 Å². The molecule has 0 saturated heterocycles. The Morgan fingerprint density at radius 1 is 1.21 bits per heavy atom. The molecule has 3 rings (SSSR count). The molecule has 0 saturated carbocycles. The molecule has 3 aromatic rings. The van der Waals surface area contributed by atoms with Crippen molar-refractivity contribution >= 4 is 28.8 Å². The van der Waals surface area contributed by atoms with Crippen LogP contribution in [0.25, 0.3) is 5.65 Å². The summed E-state index contributed by atoms with van der Waals surface area (Å²) >= 11 is 12.4. The lowest BCUT2D eigenvalue weighted by atomic mass is 10.1. The molecular weight excluding hydrogens is 345 g/mol. The maximum Gasteiger partial charge on any atom is 0.258 e. The van der Waals surface area contributed by atoms with Gasteiger partial charge in [0.25, 0.3) is 5.56 Å². The first kappa shape index (κ1) is 17.0. The van der Waals surface area contributed by atoms with Crippen LogP contribution in [0.1, 0.15) is 16.8 Å². The minimum Gasteiger partial charge on any atom is -0.311 e. The number of hydrogen-bond acceptors (Lipinski definition) is 3. The number of fused-ring (bicyclic) bond motifs is 1. The highest BCUT2D eigenvalue weighted by atomic mass is 35.5. The molecule has 0 aliphatic heterocycles. The molecule has 24 heavy (non-hydrogen) atoms. The molecule has 0 fully saturated rings. The Morgan fingerprint density at radius 3 is 2.71 bits per heavy atom. The summed E-state index contributed by atoms with van der Waals surface area (Å²) in [5, 5.41) is 4.17. The van der Waals surface area contributed by atoms with Gasteiger partial charge in [0.05, 0.1) is 15.7 Å². The molecule has 0 amide bonds. The van der Waals surface area contributed by atoms with Crippen LogP contribution in [0.3, 0.4) is 0 Å². The third-order valence-electron chi connectivity index (χ3n) is 3.87. The van der Waals surface area contributed by atoms with Gasteiger partial charge in [-0.15, -0.1) is 0 Å². The van der Waals surface area contributed by atoms with E-state index in [2.05, 4.69) is 22.4 Å². The zero-order valence-electron chi connectivity index (χ0n) is 13.2. The fourth-order valence-corrected chi connectivity index (χ4v) is 2.96. The van der Waals surface area contributed by atoms with Crippen molar-refractivity contribution in [1.29, 1.82) is 0 Å². The number of benzene rings is 1. The van der Waals surface area contributed by atoms with Gasteiger partial charge in [-0.25, -0.2) is 4.98 Å². The molecule has 1 aromatic carbocycles. The van der Waals surface area contributed by atoms with E-state index in [1.807, 2.05) is 25.1 Å². The van der Waals surface area contributed by atoms with Gasteiger partial charge < -0.3 is 5.32 Å². The topological polar surface area (TPSA) is 46.4 Å². The standard InChI is InChI=1S/C18H17Cl2N3O/c1-12-15(19)11-23-16(24)9-14(22-18(23)17(12)20)10-21-8-7-13-5-3-2-4-6-13/h2-6,9,11,21H,7-8,10H2,1H3. The van der Waals surface area contributed by atoms with Gasteiger partial charge in [0.2, 0.25) is 0 Å². The van der Waals surface area contributed by atoms with Gasteiger partial charge in [0.15, 0.2) is 5.65 Å². The molecule has 0 aliphatic carbocycles. The van der Waals surface area contributed by atoms with E-state index < -0.39 is 0 Å². The number of hydrogen-bond donors (Lipinski definition) is 1. The van der Waals surface area contributed by atoms with Gasteiger partial charge in [-0.1, -0.05) is 53.5 Å². The molecule has 0 bridgehead atoms. The molecule has 4 nitrogen and oxygen atoms in total. The van der Waals surface area contributed by atoms with E-state index in [0.29, 0.717) is 27.9 Å². The van der Waals surface area contributed by atoms with E-state index in [9.17, 15) is 4.79 Å². The summed E-state index contributed by atoms with van der Waals surface area (Å²) in [5.41, 5.74) is 2.90. The van der Waals surface area contributed by atoms with Gasteiger partial charge in [0.1, 0.15) is 0 Å². The molecular formula is C18H17Cl2N3O. The second-order valence-corrected chi connectivity index (χ2v) is 6.39. The highest BCUT2D eigenvalue weighted by Crippen LogP contribution is 2.26. The first-order chi connectivity index (χ1) is 11.6. The van der Waals surface area contributed by atoms with E-state index in [-0.39, 0.29) is 5.56 Å². The SMILES string of the molecule is Cc1c(Cl)cn2c(=O)cc(CNCCc3ccccc3)nc2c1Cl. The van der Waals surface area contributed by atoms with Crippen LogP contribution in [-0.2, 0) is 13.0 Å². The van der Waals surface area contributed by atoms with E-state index in [1.54, 1.807) is 6.20 Å². The summed E-state index contributed by atoms with van der Waals surface area (Å²) in [6, 6.07) is 11.7. The minimum absolute atomic E-state index is 0.191. The van der Waals surface area contributed by atoms with Crippen LogP contribution in [0.4, 0.5) is 0 Å². The van der Waals surface area contributed by atoms with Gasteiger partial charge in [-0.2, -0.15) is 0 Å². The third kappa shape index (κ3) is 3.61. The number of pyridine rings is 1. The predicted molar refractivity (Wildman–Crippen MR) is 98.1 cm³/mol. The second-order valence-electron chi connectivity index (χ2n) is 5.61. The van der Waals surface area contributed by atoms with E-state index in [1.165, 1.54) is 16.0 Å². The maximum absolute atomic E-state index is 12.2. The van der Waals surface area contributed by atoms with Crippen LogP contribution in [0.5, 0.6) is 0 Å². The smallest absolute Gasteiger partial charge is 0.258 e. The fraction of sp³-hybridized carbons (Fsp3) is 0.222. The average Bonchev–Trinajstić information content (AvgIpc) is 2.59. The Morgan fingerprint density at radius 2 is 1.96 bits per heavy atom. The van der Waals surface area contributed by atoms with Crippen LogP contribution in [0.15, 0.2) is 47.4 Å². The molecule has 0 spiro atoms. The van der Waals surface area contributed by atoms with E-state index >= 15 is 0 Å². The first-order valence-corrected chi connectivity index (χ1v) is 8.43. The molecule has 0 aliphatic rings. The average molecular weight is 362 g/mol. The van der Waals surface area contributed by atoms with Crippen molar-refractivity contribution in [1.82, 2.24) is 14.7 Å². The van der Waals surface area contributed by atoms with Crippen molar-refractivity contribution in [3.05, 3.63) is 79.8 Å². The van der Waals surface area contributed by atoms with Crippen molar-refractivity contribution < 1.29 is 0 Å². The summed E-state index contributed by atoms with van der Waals surface area (Å²) in [7, 11) is 0. The van der Waals surface area contributed by atoms with Crippen LogP contribution >= 0.6 is 23.2 Å².